The number of nitrogens with one attached hydrogen (secondary N) is 1. The number of aromatic hydroxyl groups is 1. The van der Waals surface area contributed by atoms with Crippen molar-refractivity contribution in [1.82, 2.24) is 5.32 Å². The Labute approximate surface area is 102 Å². The minimum Gasteiger partial charge on any atom is -0.508 e. The highest BCUT2D eigenvalue weighted by Gasteiger charge is 2.31. The van der Waals surface area contributed by atoms with Crippen LogP contribution < -0.4 is 5.32 Å². The summed E-state index contributed by atoms with van der Waals surface area (Å²) < 4.78 is 0. The zero-order valence-corrected chi connectivity index (χ0v) is 10.2. The summed E-state index contributed by atoms with van der Waals surface area (Å²) in [5.41, 5.74) is 0.984. The van der Waals surface area contributed by atoms with E-state index >= 15 is 0 Å². The van der Waals surface area contributed by atoms with Gasteiger partial charge < -0.3 is 10.4 Å². The lowest BCUT2D eigenvalue weighted by atomic mass is 9.70. The molecule has 1 amide bonds. The second-order valence-electron chi connectivity index (χ2n) is 5.25. The summed E-state index contributed by atoms with van der Waals surface area (Å²) >= 11 is 0. The van der Waals surface area contributed by atoms with Crippen LogP contribution in [0.1, 0.15) is 31.7 Å². The highest BCUT2D eigenvalue weighted by atomic mass is 16.3. The molecule has 92 valence electrons. The average Bonchev–Trinajstić information content (AvgIpc) is 2.27. The summed E-state index contributed by atoms with van der Waals surface area (Å²) in [6, 6.07) is 6.97. The molecule has 3 nitrogen and oxygen atoms in total. The van der Waals surface area contributed by atoms with Crippen LogP contribution >= 0.6 is 0 Å². The van der Waals surface area contributed by atoms with Crippen LogP contribution in [0.4, 0.5) is 0 Å². The fourth-order valence-corrected chi connectivity index (χ4v) is 2.16. The molecule has 1 aliphatic rings. The van der Waals surface area contributed by atoms with Gasteiger partial charge in [-0.1, -0.05) is 31.5 Å². The zero-order chi connectivity index (χ0) is 12.3. The van der Waals surface area contributed by atoms with E-state index in [4.69, 9.17) is 0 Å². The lowest BCUT2D eigenvalue weighted by Gasteiger charge is -2.38. The molecular weight excluding hydrogens is 214 g/mol. The Hall–Kier alpha value is -1.51. The molecule has 0 heterocycles. The number of rotatable bonds is 4. The van der Waals surface area contributed by atoms with Gasteiger partial charge in [-0.2, -0.15) is 0 Å². The van der Waals surface area contributed by atoms with Crippen molar-refractivity contribution in [3.63, 3.8) is 0 Å². The van der Waals surface area contributed by atoms with Gasteiger partial charge in [0.05, 0.1) is 6.42 Å². The van der Waals surface area contributed by atoms with Crippen LogP contribution in [-0.4, -0.2) is 17.6 Å². The molecule has 1 aliphatic carbocycles. The van der Waals surface area contributed by atoms with E-state index in [0.717, 1.165) is 6.54 Å². The number of amides is 1. The number of para-hydroxylation sites is 1. The van der Waals surface area contributed by atoms with E-state index in [1.807, 2.05) is 6.07 Å². The topological polar surface area (TPSA) is 49.3 Å². The highest BCUT2D eigenvalue weighted by molar-refractivity contribution is 5.79. The fraction of sp³-hybridized carbons (Fsp3) is 0.500. The molecule has 1 aromatic carbocycles. The number of carbonyl (C=O) groups is 1. The predicted octanol–water partition coefficient (Wildman–Crippen LogP) is 2.24. The van der Waals surface area contributed by atoms with Crippen molar-refractivity contribution in [2.75, 3.05) is 6.54 Å². The molecule has 0 bridgehead atoms. The van der Waals surface area contributed by atoms with Crippen molar-refractivity contribution in [3.05, 3.63) is 29.8 Å². The summed E-state index contributed by atoms with van der Waals surface area (Å²) in [6.45, 7) is 2.95. The van der Waals surface area contributed by atoms with E-state index in [1.54, 1.807) is 18.2 Å². The third-order valence-corrected chi connectivity index (χ3v) is 3.62. The minimum atomic E-state index is -0.0142. The van der Waals surface area contributed by atoms with E-state index in [2.05, 4.69) is 12.2 Å². The summed E-state index contributed by atoms with van der Waals surface area (Å²) in [7, 11) is 0. The van der Waals surface area contributed by atoms with Gasteiger partial charge in [0.25, 0.3) is 0 Å². The van der Waals surface area contributed by atoms with Gasteiger partial charge in [0.15, 0.2) is 0 Å². The quantitative estimate of drug-likeness (QED) is 0.838. The maximum atomic E-state index is 11.7. The molecule has 1 fully saturated rings. The maximum absolute atomic E-state index is 11.7. The normalized spacial score (nSPS) is 17.2. The smallest absolute Gasteiger partial charge is 0.224 e. The van der Waals surface area contributed by atoms with Gasteiger partial charge in [0.2, 0.25) is 5.91 Å². The van der Waals surface area contributed by atoms with E-state index in [0.29, 0.717) is 11.0 Å². The summed E-state index contributed by atoms with van der Waals surface area (Å²) in [4.78, 5) is 11.7. The van der Waals surface area contributed by atoms with Gasteiger partial charge >= 0.3 is 0 Å². The fourth-order valence-electron chi connectivity index (χ4n) is 2.16. The number of phenolic OH excluding ortho intramolecular Hbond substituents is 1. The first-order chi connectivity index (χ1) is 8.09. The van der Waals surface area contributed by atoms with Gasteiger partial charge in [0.1, 0.15) is 5.75 Å². The van der Waals surface area contributed by atoms with E-state index in [9.17, 15) is 9.90 Å². The van der Waals surface area contributed by atoms with Crippen LogP contribution in [0, 0.1) is 5.41 Å². The zero-order valence-electron chi connectivity index (χ0n) is 10.2. The van der Waals surface area contributed by atoms with Crippen molar-refractivity contribution in [3.8, 4) is 5.75 Å². The Kier molecular flexibility index (Phi) is 3.36. The Morgan fingerprint density at radius 1 is 1.41 bits per heavy atom. The molecule has 0 spiro atoms. The minimum absolute atomic E-state index is 0.0142. The Morgan fingerprint density at radius 2 is 2.12 bits per heavy atom. The average molecular weight is 233 g/mol. The Morgan fingerprint density at radius 3 is 2.71 bits per heavy atom. The van der Waals surface area contributed by atoms with Crippen molar-refractivity contribution in [1.29, 1.82) is 0 Å². The molecule has 0 unspecified atom stereocenters. The predicted molar refractivity (Wildman–Crippen MR) is 66.8 cm³/mol. The monoisotopic (exact) mass is 233 g/mol. The van der Waals surface area contributed by atoms with Gasteiger partial charge in [-0.05, 0) is 24.3 Å². The van der Waals surface area contributed by atoms with Crippen LogP contribution in [0.2, 0.25) is 0 Å². The largest absolute Gasteiger partial charge is 0.508 e. The van der Waals surface area contributed by atoms with Gasteiger partial charge in [-0.25, -0.2) is 0 Å². The second-order valence-corrected chi connectivity index (χ2v) is 5.25. The SMILES string of the molecule is CC1(CNC(=O)Cc2ccccc2O)CCC1. The molecule has 2 N–H and O–H groups in total. The summed E-state index contributed by atoms with van der Waals surface area (Å²) in [6.07, 6.45) is 3.92. The van der Waals surface area contributed by atoms with Crippen LogP contribution in [0.5, 0.6) is 5.75 Å². The van der Waals surface area contributed by atoms with Crippen LogP contribution in [0.3, 0.4) is 0 Å². The molecule has 1 aromatic rings. The van der Waals surface area contributed by atoms with Crippen LogP contribution in [-0.2, 0) is 11.2 Å². The molecule has 3 heteroatoms. The highest BCUT2D eigenvalue weighted by Crippen LogP contribution is 2.39. The number of hydrogen-bond donors (Lipinski definition) is 2. The first kappa shape index (κ1) is 12.0. The standard InChI is InChI=1S/C14H19NO2/c1-14(7-4-8-14)10-15-13(17)9-11-5-2-3-6-12(11)16/h2-3,5-6,16H,4,7-10H2,1H3,(H,15,17). The van der Waals surface area contributed by atoms with Crippen molar-refractivity contribution >= 4 is 5.91 Å². The summed E-state index contributed by atoms with van der Waals surface area (Å²) in [5.74, 6) is 0.178. The number of benzene rings is 1. The third kappa shape index (κ3) is 2.99. The van der Waals surface area contributed by atoms with Gasteiger partial charge in [0, 0.05) is 12.1 Å². The summed E-state index contributed by atoms with van der Waals surface area (Å²) in [5, 5.41) is 12.5. The molecule has 2 rings (SSSR count). The molecule has 0 saturated heterocycles. The van der Waals surface area contributed by atoms with Gasteiger partial charge in [-0.3, -0.25) is 4.79 Å². The van der Waals surface area contributed by atoms with Crippen molar-refractivity contribution < 1.29 is 9.90 Å². The lowest BCUT2D eigenvalue weighted by Crippen LogP contribution is -2.40. The van der Waals surface area contributed by atoms with Crippen LogP contribution in [0.15, 0.2) is 24.3 Å². The molecule has 1 saturated carbocycles. The third-order valence-electron chi connectivity index (χ3n) is 3.62. The molecule has 0 atom stereocenters. The Bertz CT molecular complexity index is 410. The van der Waals surface area contributed by atoms with Gasteiger partial charge in [-0.15, -0.1) is 0 Å². The lowest BCUT2D eigenvalue weighted by molar-refractivity contribution is -0.121. The maximum Gasteiger partial charge on any atom is 0.224 e. The van der Waals surface area contributed by atoms with Crippen molar-refractivity contribution in [2.24, 2.45) is 5.41 Å². The number of carbonyl (C=O) groups excluding carboxylic acids is 1. The van der Waals surface area contributed by atoms with E-state index < -0.39 is 0 Å². The first-order valence-corrected chi connectivity index (χ1v) is 6.13. The molecule has 0 aromatic heterocycles. The number of hydrogen-bond acceptors (Lipinski definition) is 2. The molecule has 17 heavy (non-hydrogen) atoms. The van der Waals surface area contributed by atoms with Crippen LogP contribution in [0.25, 0.3) is 0 Å². The second kappa shape index (κ2) is 4.78. The van der Waals surface area contributed by atoms with Crippen molar-refractivity contribution in [2.45, 2.75) is 32.6 Å². The first-order valence-electron chi connectivity index (χ1n) is 6.13. The molecule has 0 aliphatic heterocycles. The van der Waals surface area contributed by atoms with E-state index in [1.165, 1.54) is 19.3 Å². The molecule has 0 radical (unpaired) electrons. The number of phenols is 1. The molecular formula is C14H19NO2. The van der Waals surface area contributed by atoms with E-state index in [-0.39, 0.29) is 18.1 Å². The Balaban J connectivity index is 1.83.